The fourth-order valence-electron chi connectivity index (χ4n) is 0.430. The second-order valence-electron chi connectivity index (χ2n) is 4.73. The van der Waals surface area contributed by atoms with Crippen molar-refractivity contribution >= 4 is 5.91 Å². The summed E-state index contributed by atoms with van der Waals surface area (Å²) < 4.78 is 0. The average Bonchev–Trinajstić information content (AvgIpc) is 1.98. The lowest BCUT2D eigenvalue weighted by atomic mass is 9.93. The van der Waals surface area contributed by atoms with Crippen molar-refractivity contribution in [1.29, 1.82) is 0 Å². The number of carbonyl (C=O) groups is 1. The number of carbonyl (C=O) groups excluding carboxylic acids is 1. The van der Waals surface area contributed by atoms with E-state index in [9.17, 15) is 4.79 Å². The summed E-state index contributed by atoms with van der Waals surface area (Å²) in [5.41, 5.74) is 6.87. The fraction of sp³-hybridized carbons (Fsp3) is 0.889. The van der Waals surface area contributed by atoms with Crippen LogP contribution in [0.3, 0.4) is 0 Å². The van der Waals surface area contributed by atoms with Gasteiger partial charge in [-0.15, -0.1) is 0 Å². The molecule has 4 nitrogen and oxygen atoms in total. The molecule has 0 bridgehead atoms. The molecule has 78 valence electrons. The molecule has 0 aromatic carbocycles. The first-order chi connectivity index (χ1) is 5.69. The number of hydrogen-bond donors (Lipinski definition) is 2. The van der Waals surface area contributed by atoms with Crippen LogP contribution in [0.25, 0.3) is 0 Å². The molecule has 0 radical (unpaired) electrons. The van der Waals surface area contributed by atoms with E-state index in [1.54, 1.807) is 13.8 Å². The lowest BCUT2D eigenvalue weighted by Gasteiger charge is -2.25. The summed E-state index contributed by atoms with van der Waals surface area (Å²) >= 11 is 0. The van der Waals surface area contributed by atoms with Crippen molar-refractivity contribution < 1.29 is 9.63 Å². The third-order valence-corrected chi connectivity index (χ3v) is 1.57. The predicted octanol–water partition coefficient (Wildman–Crippen LogP) is 0.818. The molecular formula is C9H20N2O2. The number of hydroxylamine groups is 1. The van der Waals surface area contributed by atoms with Crippen molar-refractivity contribution in [2.24, 2.45) is 11.1 Å². The van der Waals surface area contributed by atoms with Crippen LogP contribution in [-0.2, 0) is 9.63 Å². The minimum absolute atomic E-state index is 0.190. The predicted molar refractivity (Wildman–Crippen MR) is 51.8 cm³/mol. The molecule has 1 amide bonds. The van der Waals surface area contributed by atoms with Crippen molar-refractivity contribution in [3.63, 3.8) is 0 Å². The first-order valence-electron chi connectivity index (χ1n) is 4.37. The molecule has 4 heteroatoms. The van der Waals surface area contributed by atoms with Crippen LogP contribution in [0.1, 0.15) is 34.6 Å². The minimum atomic E-state index is -0.578. The largest absolute Gasteiger partial charge is 0.329 e. The quantitative estimate of drug-likeness (QED) is 0.644. The van der Waals surface area contributed by atoms with E-state index in [0.29, 0.717) is 6.54 Å². The molecule has 0 rings (SSSR count). The van der Waals surface area contributed by atoms with Gasteiger partial charge in [0.25, 0.3) is 0 Å². The molecule has 0 fully saturated rings. The van der Waals surface area contributed by atoms with Crippen LogP contribution in [0.5, 0.6) is 0 Å². The maximum atomic E-state index is 11.4. The summed E-state index contributed by atoms with van der Waals surface area (Å²) in [6.07, 6.45) is 0. The zero-order chi connectivity index (χ0) is 10.7. The lowest BCUT2D eigenvalue weighted by molar-refractivity contribution is -0.153. The molecule has 0 spiro atoms. The van der Waals surface area contributed by atoms with Gasteiger partial charge in [-0.05, 0) is 34.6 Å². The summed E-state index contributed by atoms with van der Waals surface area (Å²) in [6, 6.07) is 0. The number of rotatable bonds is 3. The molecule has 0 aromatic heterocycles. The maximum Gasteiger partial charge on any atom is 0.250 e. The number of nitrogens with one attached hydrogen (secondary N) is 1. The van der Waals surface area contributed by atoms with Crippen molar-refractivity contribution in [2.45, 2.75) is 40.2 Å². The Balaban J connectivity index is 4.03. The SMILES string of the molecule is CC(C)(C)ONC(=O)C(C)(C)CN. The Morgan fingerprint density at radius 2 is 1.77 bits per heavy atom. The summed E-state index contributed by atoms with van der Waals surface area (Å²) in [6.45, 7) is 9.43. The van der Waals surface area contributed by atoms with Gasteiger partial charge in [-0.3, -0.25) is 9.63 Å². The van der Waals surface area contributed by atoms with Gasteiger partial charge in [0.05, 0.1) is 11.0 Å². The molecular weight excluding hydrogens is 168 g/mol. The van der Waals surface area contributed by atoms with Gasteiger partial charge >= 0.3 is 0 Å². The summed E-state index contributed by atoms with van der Waals surface area (Å²) in [7, 11) is 0. The van der Waals surface area contributed by atoms with E-state index in [4.69, 9.17) is 10.6 Å². The molecule has 0 aliphatic rings. The molecule has 3 N–H and O–H groups in total. The summed E-state index contributed by atoms with van der Waals surface area (Å²) in [4.78, 5) is 16.6. The Hall–Kier alpha value is -0.610. The van der Waals surface area contributed by atoms with Crippen molar-refractivity contribution in [2.75, 3.05) is 6.54 Å². The van der Waals surface area contributed by atoms with Gasteiger partial charge in [0.15, 0.2) is 0 Å². The normalized spacial score (nSPS) is 12.8. The molecule has 0 aliphatic heterocycles. The second-order valence-corrected chi connectivity index (χ2v) is 4.73. The Bertz CT molecular complexity index is 183. The zero-order valence-corrected chi connectivity index (χ0v) is 9.10. The molecule has 13 heavy (non-hydrogen) atoms. The second kappa shape index (κ2) is 4.07. The molecule has 0 saturated heterocycles. The molecule has 0 atom stereocenters. The van der Waals surface area contributed by atoms with Gasteiger partial charge < -0.3 is 5.73 Å². The maximum absolute atomic E-state index is 11.4. The number of hydrogen-bond acceptors (Lipinski definition) is 3. The summed E-state index contributed by atoms with van der Waals surface area (Å²) in [5, 5.41) is 0. The van der Waals surface area contributed by atoms with Gasteiger partial charge in [0.1, 0.15) is 0 Å². The Morgan fingerprint density at radius 3 is 2.08 bits per heavy atom. The first-order valence-corrected chi connectivity index (χ1v) is 4.37. The molecule has 0 aromatic rings. The molecule has 0 unspecified atom stereocenters. The molecule has 0 heterocycles. The lowest BCUT2D eigenvalue weighted by Crippen LogP contribution is -2.44. The highest BCUT2D eigenvalue weighted by atomic mass is 16.7. The van der Waals surface area contributed by atoms with Gasteiger partial charge in [0.2, 0.25) is 5.91 Å². The van der Waals surface area contributed by atoms with Crippen LogP contribution in [0, 0.1) is 5.41 Å². The Morgan fingerprint density at radius 1 is 1.31 bits per heavy atom. The number of nitrogens with two attached hydrogens (primary N) is 1. The van der Waals surface area contributed by atoms with Crippen molar-refractivity contribution in [3.05, 3.63) is 0 Å². The topological polar surface area (TPSA) is 64.3 Å². The Kier molecular flexibility index (Phi) is 3.88. The minimum Gasteiger partial charge on any atom is -0.329 e. The zero-order valence-electron chi connectivity index (χ0n) is 9.10. The number of amides is 1. The standard InChI is InChI=1S/C9H20N2O2/c1-8(2,3)13-11-7(12)9(4,5)6-10/h6,10H2,1-5H3,(H,11,12). The average molecular weight is 188 g/mol. The van der Waals surface area contributed by atoms with E-state index in [1.165, 1.54) is 0 Å². The van der Waals surface area contributed by atoms with Crippen molar-refractivity contribution in [3.8, 4) is 0 Å². The van der Waals surface area contributed by atoms with Crippen LogP contribution in [0.4, 0.5) is 0 Å². The van der Waals surface area contributed by atoms with E-state index in [0.717, 1.165) is 0 Å². The highest BCUT2D eigenvalue weighted by molar-refractivity contribution is 5.81. The van der Waals surface area contributed by atoms with Gasteiger partial charge in [-0.25, -0.2) is 5.48 Å². The van der Waals surface area contributed by atoms with Crippen molar-refractivity contribution in [1.82, 2.24) is 5.48 Å². The highest BCUT2D eigenvalue weighted by Gasteiger charge is 2.27. The van der Waals surface area contributed by atoms with Gasteiger partial charge in [0, 0.05) is 6.54 Å². The van der Waals surface area contributed by atoms with Crippen LogP contribution in [-0.4, -0.2) is 18.1 Å². The van der Waals surface area contributed by atoms with Gasteiger partial charge in [-0.1, -0.05) is 0 Å². The third kappa shape index (κ3) is 4.85. The van der Waals surface area contributed by atoms with E-state index >= 15 is 0 Å². The fourth-order valence-corrected chi connectivity index (χ4v) is 0.430. The van der Waals surface area contributed by atoms with Crippen LogP contribution >= 0.6 is 0 Å². The molecule has 0 aliphatic carbocycles. The highest BCUT2D eigenvalue weighted by Crippen LogP contribution is 2.13. The van der Waals surface area contributed by atoms with Crippen LogP contribution < -0.4 is 11.2 Å². The third-order valence-electron chi connectivity index (χ3n) is 1.57. The van der Waals surface area contributed by atoms with Crippen LogP contribution in [0.15, 0.2) is 0 Å². The van der Waals surface area contributed by atoms with E-state index in [1.807, 2.05) is 20.8 Å². The van der Waals surface area contributed by atoms with Gasteiger partial charge in [-0.2, -0.15) is 0 Å². The van der Waals surface area contributed by atoms with E-state index in [2.05, 4.69) is 5.48 Å². The molecule has 0 saturated carbocycles. The monoisotopic (exact) mass is 188 g/mol. The smallest absolute Gasteiger partial charge is 0.250 e. The first kappa shape index (κ1) is 12.4. The van der Waals surface area contributed by atoms with E-state index in [-0.39, 0.29) is 11.5 Å². The van der Waals surface area contributed by atoms with E-state index < -0.39 is 5.41 Å². The summed E-state index contributed by atoms with van der Waals surface area (Å²) in [5.74, 6) is -0.190. The Labute approximate surface area is 79.8 Å². The van der Waals surface area contributed by atoms with Crippen LogP contribution in [0.2, 0.25) is 0 Å².